The first kappa shape index (κ1) is 19.3. The van der Waals surface area contributed by atoms with Gasteiger partial charge < -0.3 is 10.3 Å². The van der Waals surface area contributed by atoms with Gasteiger partial charge in [0, 0.05) is 23.9 Å². The summed E-state index contributed by atoms with van der Waals surface area (Å²) in [5.74, 6) is 0.990. The van der Waals surface area contributed by atoms with Gasteiger partial charge >= 0.3 is 0 Å². The molecule has 8 heteroatoms. The molecule has 1 aromatic carbocycles. The lowest BCUT2D eigenvalue weighted by Crippen LogP contribution is -2.16. The van der Waals surface area contributed by atoms with E-state index in [1.54, 1.807) is 24.5 Å². The van der Waals surface area contributed by atoms with E-state index in [9.17, 15) is 9.18 Å². The number of hydrogen-bond acceptors (Lipinski definition) is 5. The fourth-order valence-corrected chi connectivity index (χ4v) is 4.15. The summed E-state index contributed by atoms with van der Waals surface area (Å²) in [4.78, 5) is 33.1. The zero-order valence-electron chi connectivity index (χ0n) is 16.8. The van der Waals surface area contributed by atoms with Crippen molar-refractivity contribution in [2.24, 2.45) is 0 Å². The van der Waals surface area contributed by atoms with E-state index in [1.165, 1.54) is 31.3 Å². The number of aromatic amines is 1. The average Bonchev–Trinajstić information content (AvgIpc) is 3.44. The molecule has 0 bridgehead atoms. The molecule has 1 fully saturated rings. The van der Waals surface area contributed by atoms with Crippen molar-refractivity contribution in [1.82, 2.24) is 24.9 Å². The number of aromatic nitrogens is 5. The number of imidazole rings is 1. The van der Waals surface area contributed by atoms with E-state index in [2.05, 4.69) is 30.2 Å². The Morgan fingerprint density at radius 2 is 2.03 bits per heavy atom. The minimum atomic E-state index is -0.400. The van der Waals surface area contributed by atoms with Gasteiger partial charge in [-0.2, -0.15) is 0 Å². The van der Waals surface area contributed by atoms with Gasteiger partial charge in [0.25, 0.3) is 0 Å². The Bertz CT molecular complexity index is 1230. The number of nitrogens with zero attached hydrogens (tertiary/aromatic N) is 4. The SMILES string of the molecule is O=C(Cc1cc(F)cc(-c2cccnc2)c1)Nc1ncnc2nc(C3CCCC3)[nH]c12. The fraction of sp³-hybridized carbons (Fsp3) is 0.261. The maximum atomic E-state index is 14.2. The van der Waals surface area contributed by atoms with Crippen LogP contribution in [0.5, 0.6) is 0 Å². The highest BCUT2D eigenvalue weighted by Gasteiger charge is 2.22. The summed E-state index contributed by atoms with van der Waals surface area (Å²) < 4.78 is 14.2. The number of hydrogen-bond donors (Lipinski definition) is 2. The monoisotopic (exact) mass is 416 g/mol. The Labute approximate surface area is 178 Å². The third-order valence-corrected chi connectivity index (χ3v) is 5.62. The van der Waals surface area contributed by atoms with Crippen LogP contribution in [0.15, 0.2) is 49.1 Å². The van der Waals surface area contributed by atoms with E-state index in [1.807, 2.05) is 6.07 Å². The van der Waals surface area contributed by atoms with Crippen LogP contribution in [0.2, 0.25) is 0 Å². The number of carbonyl (C=O) groups is 1. The Kier molecular flexibility index (Phi) is 5.11. The van der Waals surface area contributed by atoms with Crippen molar-refractivity contribution in [3.8, 4) is 11.1 Å². The molecule has 156 valence electrons. The highest BCUT2D eigenvalue weighted by atomic mass is 19.1. The second kappa shape index (κ2) is 8.22. The number of amides is 1. The molecule has 0 radical (unpaired) electrons. The molecule has 1 amide bonds. The number of nitrogens with one attached hydrogen (secondary N) is 2. The molecule has 0 atom stereocenters. The molecule has 0 aliphatic heterocycles. The second-order valence-corrected chi connectivity index (χ2v) is 7.84. The molecule has 1 aliphatic rings. The summed E-state index contributed by atoms with van der Waals surface area (Å²) in [6.07, 6.45) is 9.34. The molecule has 2 N–H and O–H groups in total. The van der Waals surface area contributed by atoms with Crippen molar-refractivity contribution in [2.75, 3.05) is 5.32 Å². The smallest absolute Gasteiger partial charge is 0.230 e. The summed E-state index contributed by atoms with van der Waals surface area (Å²) >= 11 is 0. The summed E-state index contributed by atoms with van der Waals surface area (Å²) in [7, 11) is 0. The molecule has 7 nitrogen and oxygen atoms in total. The van der Waals surface area contributed by atoms with E-state index in [-0.39, 0.29) is 12.3 Å². The van der Waals surface area contributed by atoms with Crippen LogP contribution in [0.4, 0.5) is 10.2 Å². The van der Waals surface area contributed by atoms with Crippen LogP contribution in [-0.2, 0) is 11.2 Å². The normalized spacial score (nSPS) is 14.2. The molecule has 4 aromatic rings. The zero-order valence-corrected chi connectivity index (χ0v) is 16.8. The molecule has 5 rings (SSSR count). The van der Waals surface area contributed by atoms with Gasteiger partial charge in [-0.15, -0.1) is 0 Å². The van der Waals surface area contributed by atoms with Crippen molar-refractivity contribution >= 4 is 22.9 Å². The van der Waals surface area contributed by atoms with E-state index < -0.39 is 5.82 Å². The first-order valence-corrected chi connectivity index (χ1v) is 10.4. The van der Waals surface area contributed by atoms with Crippen LogP contribution in [0.25, 0.3) is 22.3 Å². The molecule has 0 spiro atoms. The van der Waals surface area contributed by atoms with Gasteiger partial charge in [0.05, 0.1) is 6.42 Å². The maximum absolute atomic E-state index is 14.2. The minimum Gasteiger partial charge on any atom is -0.337 e. The Hall–Kier alpha value is -3.68. The number of H-pyrrole nitrogens is 1. The Morgan fingerprint density at radius 3 is 2.84 bits per heavy atom. The summed E-state index contributed by atoms with van der Waals surface area (Å²) in [5.41, 5.74) is 3.19. The van der Waals surface area contributed by atoms with E-state index >= 15 is 0 Å². The number of carbonyl (C=O) groups excluding carboxylic acids is 1. The van der Waals surface area contributed by atoms with E-state index in [4.69, 9.17) is 0 Å². The first-order chi connectivity index (χ1) is 15.2. The van der Waals surface area contributed by atoms with Gasteiger partial charge in [-0.3, -0.25) is 9.78 Å². The van der Waals surface area contributed by atoms with Crippen molar-refractivity contribution in [3.63, 3.8) is 0 Å². The van der Waals surface area contributed by atoms with Crippen LogP contribution in [0.3, 0.4) is 0 Å². The average molecular weight is 416 g/mol. The standard InChI is InChI=1S/C23H21FN6O/c24-18-9-14(8-17(11-18)16-6-3-7-25-12-16)10-19(31)28-22-20-23(27-13-26-22)30-21(29-20)15-4-1-2-5-15/h3,6-9,11-13,15H,1-2,4-5,10H2,(H2,26,27,28,29,30,31). The zero-order chi connectivity index (χ0) is 21.2. The Morgan fingerprint density at radius 1 is 1.16 bits per heavy atom. The van der Waals surface area contributed by atoms with Gasteiger partial charge in [0.1, 0.15) is 23.5 Å². The number of fused-ring (bicyclic) bond motifs is 1. The van der Waals surface area contributed by atoms with Crippen LogP contribution in [0, 0.1) is 5.82 Å². The lowest BCUT2D eigenvalue weighted by Gasteiger charge is -2.08. The number of anilines is 1. The second-order valence-electron chi connectivity index (χ2n) is 7.84. The molecular formula is C23H21FN6O. The highest BCUT2D eigenvalue weighted by molar-refractivity contribution is 5.97. The third kappa shape index (κ3) is 4.14. The molecule has 1 aliphatic carbocycles. The van der Waals surface area contributed by atoms with Gasteiger partial charge in [0.2, 0.25) is 5.91 Å². The Balaban J connectivity index is 1.36. The molecule has 3 aromatic heterocycles. The molecule has 31 heavy (non-hydrogen) atoms. The predicted octanol–water partition coefficient (Wildman–Crippen LogP) is 4.39. The van der Waals surface area contributed by atoms with Crippen molar-refractivity contribution in [2.45, 2.75) is 38.0 Å². The van der Waals surface area contributed by atoms with E-state index in [0.717, 1.165) is 24.2 Å². The van der Waals surface area contributed by atoms with Crippen molar-refractivity contribution < 1.29 is 9.18 Å². The van der Waals surface area contributed by atoms with Crippen LogP contribution < -0.4 is 5.32 Å². The lowest BCUT2D eigenvalue weighted by atomic mass is 10.0. The maximum Gasteiger partial charge on any atom is 0.230 e. The van der Waals surface area contributed by atoms with Crippen molar-refractivity contribution in [3.05, 3.63) is 66.3 Å². The largest absolute Gasteiger partial charge is 0.337 e. The predicted molar refractivity (Wildman–Crippen MR) is 115 cm³/mol. The molecule has 1 saturated carbocycles. The number of rotatable bonds is 5. The van der Waals surface area contributed by atoms with Crippen LogP contribution in [-0.4, -0.2) is 30.8 Å². The van der Waals surface area contributed by atoms with Crippen molar-refractivity contribution in [1.29, 1.82) is 0 Å². The molecule has 3 heterocycles. The quantitative estimate of drug-likeness (QED) is 0.503. The molecule has 0 unspecified atom stereocenters. The fourth-order valence-electron chi connectivity index (χ4n) is 4.15. The van der Waals surface area contributed by atoms with Gasteiger partial charge in [-0.1, -0.05) is 25.0 Å². The summed E-state index contributed by atoms with van der Waals surface area (Å²) in [6, 6.07) is 8.23. The lowest BCUT2D eigenvalue weighted by molar-refractivity contribution is -0.115. The first-order valence-electron chi connectivity index (χ1n) is 10.4. The minimum absolute atomic E-state index is 0.0140. The van der Waals surface area contributed by atoms with E-state index in [0.29, 0.717) is 34.0 Å². The number of halogens is 1. The van der Waals surface area contributed by atoms with Crippen LogP contribution in [0.1, 0.15) is 43.0 Å². The van der Waals surface area contributed by atoms with Gasteiger partial charge in [-0.25, -0.2) is 19.3 Å². The molecular weight excluding hydrogens is 395 g/mol. The molecule has 0 saturated heterocycles. The third-order valence-electron chi connectivity index (χ3n) is 5.62. The summed E-state index contributed by atoms with van der Waals surface area (Å²) in [5, 5.41) is 2.82. The topological polar surface area (TPSA) is 96.5 Å². The summed E-state index contributed by atoms with van der Waals surface area (Å²) in [6.45, 7) is 0. The number of pyridine rings is 1. The van der Waals surface area contributed by atoms with Crippen LogP contribution >= 0.6 is 0 Å². The van der Waals surface area contributed by atoms with Gasteiger partial charge in [-0.05, 0) is 42.2 Å². The highest BCUT2D eigenvalue weighted by Crippen LogP contribution is 2.33. The van der Waals surface area contributed by atoms with Gasteiger partial charge in [0.15, 0.2) is 11.5 Å². The number of benzene rings is 1.